The molecule has 15 heavy (non-hydrogen) atoms. The van der Waals surface area contributed by atoms with Crippen LogP contribution in [0.15, 0.2) is 18.2 Å². The average molecular weight is 207 g/mol. The van der Waals surface area contributed by atoms with Gasteiger partial charge in [-0.25, -0.2) is 4.79 Å². The van der Waals surface area contributed by atoms with E-state index < -0.39 is 5.97 Å². The van der Waals surface area contributed by atoms with Gasteiger partial charge in [-0.15, -0.1) is 5.75 Å². The number of unbranched alkanes of at least 4 members (excludes halogenated alkanes) is 2. The van der Waals surface area contributed by atoms with Crippen LogP contribution in [-0.4, -0.2) is 11.1 Å². The monoisotopic (exact) mass is 207 g/mol. The fraction of sp³-hybridized carbons (Fsp3) is 0.417. The van der Waals surface area contributed by atoms with E-state index in [0.29, 0.717) is 12.0 Å². The smallest absolute Gasteiger partial charge is 0.335 e. The molecule has 0 amide bonds. The second-order valence-electron chi connectivity index (χ2n) is 3.58. The molecule has 3 nitrogen and oxygen atoms in total. The summed E-state index contributed by atoms with van der Waals surface area (Å²) in [5.41, 5.74) is 0.911. The highest BCUT2D eigenvalue weighted by molar-refractivity contribution is 5.89. The second kappa shape index (κ2) is 5.39. The summed E-state index contributed by atoms with van der Waals surface area (Å²) >= 11 is 0. The molecule has 0 aliphatic rings. The Hall–Kier alpha value is -1.51. The molecule has 0 aromatic heterocycles. The first-order valence-corrected chi connectivity index (χ1v) is 5.18. The lowest BCUT2D eigenvalue weighted by atomic mass is 10.0. The van der Waals surface area contributed by atoms with Crippen molar-refractivity contribution in [1.29, 1.82) is 0 Å². The van der Waals surface area contributed by atoms with Crippen LogP contribution in [0.1, 0.15) is 42.1 Å². The van der Waals surface area contributed by atoms with Crippen LogP contribution in [0.3, 0.4) is 0 Å². The van der Waals surface area contributed by atoms with Gasteiger partial charge in [0, 0.05) is 0 Å². The minimum Gasteiger partial charge on any atom is -0.872 e. The number of carbonyl (C=O) groups is 1. The van der Waals surface area contributed by atoms with Gasteiger partial charge in [0.25, 0.3) is 0 Å². The van der Waals surface area contributed by atoms with E-state index in [1.807, 2.05) is 0 Å². The lowest BCUT2D eigenvalue weighted by Crippen LogP contribution is -2.04. The highest BCUT2D eigenvalue weighted by Gasteiger charge is 2.08. The molecule has 0 fully saturated rings. The maximum Gasteiger partial charge on any atom is 0.335 e. The maximum absolute atomic E-state index is 11.1. The van der Waals surface area contributed by atoms with Gasteiger partial charge < -0.3 is 10.2 Å². The van der Waals surface area contributed by atoms with Crippen molar-refractivity contribution in [2.45, 2.75) is 32.6 Å². The molecule has 0 heterocycles. The van der Waals surface area contributed by atoms with Crippen molar-refractivity contribution in [1.82, 2.24) is 0 Å². The average Bonchev–Trinajstić information content (AvgIpc) is 2.18. The van der Waals surface area contributed by atoms with E-state index in [-0.39, 0.29) is 11.3 Å². The summed E-state index contributed by atoms with van der Waals surface area (Å²) in [7, 11) is 0. The predicted octanol–water partition coefficient (Wildman–Crippen LogP) is 2.19. The summed E-state index contributed by atoms with van der Waals surface area (Å²) in [4.78, 5) is 10.9. The maximum atomic E-state index is 11.1. The fourth-order valence-corrected chi connectivity index (χ4v) is 1.55. The summed E-state index contributed by atoms with van der Waals surface area (Å²) in [5.74, 6) is -1.08. The molecule has 0 spiro atoms. The Balaban J connectivity index is 2.82. The molecular weight excluding hydrogens is 192 g/mol. The van der Waals surface area contributed by atoms with Crippen molar-refractivity contribution in [3.8, 4) is 5.75 Å². The highest BCUT2D eigenvalue weighted by Crippen LogP contribution is 2.17. The Morgan fingerprint density at radius 1 is 1.40 bits per heavy atom. The molecule has 0 saturated heterocycles. The first kappa shape index (κ1) is 11.6. The molecule has 1 N–H and O–H groups in total. The third-order valence-corrected chi connectivity index (χ3v) is 2.36. The molecule has 0 aliphatic carbocycles. The lowest BCUT2D eigenvalue weighted by Gasteiger charge is -2.11. The van der Waals surface area contributed by atoms with E-state index in [9.17, 15) is 9.90 Å². The summed E-state index contributed by atoms with van der Waals surface area (Å²) < 4.78 is 0. The van der Waals surface area contributed by atoms with Crippen LogP contribution in [0.25, 0.3) is 0 Å². The molecule has 0 saturated carbocycles. The Bertz CT molecular complexity index is 345. The van der Waals surface area contributed by atoms with Crippen molar-refractivity contribution < 1.29 is 15.0 Å². The second-order valence-corrected chi connectivity index (χ2v) is 3.58. The van der Waals surface area contributed by atoms with Gasteiger partial charge in [0.05, 0.1) is 5.56 Å². The summed E-state index contributed by atoms with van der Waals surface area (Å²) in [5, 5.41) is 20.0. The number of hydrogen-bond donors (Lipinski definition) is 1. The van der Waals surface area contributed by atoms with Gasteiger partial charge in [-0.3, -0.25) is 0 Å². The number of benzene rings is 1. The van der Waals surface area contributed by atoms with E-state index in [1.165, 1.54) is 18.2 Å². The quantitative estimate of drug-likeness (QED) is 0.753. The van der Waals surface area contributed by atoms with Crippen LogP contribution in [0.5, 0.6) is 5.75 Å². The minimum absolute atomic E-state index is 0.119. The van der Waals surface area contributed by atoms with E-state index in [0.717, 1.165) is 19.3 Å². The standard InChI is InChI=1S/C12H16O3/c1-2-3-4-5-9-8-10(13)6-7-11(9)12(14)15/h6-8,13H,2-5H2,1H3,(H,14,15)/p-1. The Kier molecular flexibility index (Phi) is 4.16. The molecule has 0 atom stereocenters. The van der Waals surface area contributed by atoms with Gasteiger partial charge in [0.15, 0.2) is 0 Å². The van der Waals surface area contributed by atoms with E-state index in [2.05, 4.69) is 6.92 Å². The predicted molar refractivity (Wildman–Crippen MR) is 56.1 cm³/mol. The third kappa shape index (κ3) is 3.27. The third-order valence-electron chi connectivity index (χ3n) is 2.36. The lowest BCUT2D eigenvalue weighted by molar-refractivity contribution is -0.268. The Labute approximate surface area is 89.4 Å². The summed E-state index contributed by atoms with van der Waals surface area (Å²) in [6, 6.07) is 4.12. The zero-order valence-corrected chi connectivity index (χ0v) is 8.82. The van der Waals surface area contributed by atoms with Crippen LogP contribution in [0.4, 0.5) is 0 Å². The van der Waals surface area contributed by atoms with Gasteiger partial charge in [0.2, 0.25) is 0 Å². The number of aromatic carboxylic acids is 1. The van der Waals surface area contributed by atoms with E-state index in [4.69, 9.17) is 5.11 Å². The molecular formula is C12H15O3-. The van der Waals surface area contributed by atoms with Crippen molar-refractivity contribution in [2.24, 2.45) is 0 Å². The van der Waals surface area contributed by atoms with Crippen molar-refractivity contribution in [3.05, 3.63) is 29.3 Å². The molecule has 82 valence electrons. The fourth-order valence-electron chi connectivity index (χ4n) is 1.55. The molecule has 1 aromatic carbocycles. The molecule has 0 bridgehead atoms. The summed E-state index contributed by atoms with van der Waals surface area (Å²) in [6.07, 6.45) is 3.74. The molecule has 1 aromatic rings. The van der Waals surface area contributed by atoms with Crippen LogP contribution < -0.4 is 5.11 Å². The van der Waals surface area contributed by atoms with Gasteiger partial charge in [-0.2, -0.15) is 0 Å². The highest BCUT2D eigenvalue weighted by atomic mass is 16.4. The number of aryl methyl sites for hydroxylation is 1. The molecule has 0 radical (unpaired) electrons. The topological polar surface area (TPSA) is 60.4 Å². The van der Waals surface area contributed by atoms with Gasteiger partial charge in [0.1, 0.15) is 0 Å². The number of rotatable bonds is 5. The number of carboxylic acid groups (broad SMARTS) is 1. The zero-order valence-electron chi connectivity index (χ0n) is 8.82. The van der Waals surface area contributed by atoms with E-state index >= 15 is 0 Å². The zero-order chi connectivity index (χ0) is 11.3. The van der Waals surface area contributed by atoms with Crippen molar-refractivity contribution >= 4 is 5.97 Å². The number of hydrogen-bond acceptors (Lipinski definition) is 2. The van der Waals surface area contributed by atoms with Gasteiger partial charge in [-0.05, 0) is 24.5 Å². The van der Waals surface area contributed by atoms with Crippen molar-refractivity contribution in [3.63, 3.8) is 0 Å². The molecule has 3 heteroatoms. The minimum atomic E-state index is -0.957. The van der Waals surface area contributed by atoms with Crippen LogP contribution in [0, 0.1) is 0 Å². The molecule has 0 unspecified atom stereocenters. The van der Waals surface area contributed by atoms with Gasteiger partial charge >= 0.3 is 5.97 Å². The van der Waals surface area contributed by atoms with Crippen molar-refractivity contribution in [2.75, 3.05) is 0 Å². The number of carboxylic acids is 1. The Morgan fingerprint density at radius 3 is 2.73 bits per heavy atom. The first-order valence-electron chi connectivity index (χ1n) is 5.18. The van der Waals surface area contributed by atoms with Crippen LogP contribution in [-0.2, 0) is 6.42 Å². The van der Waals surface area contributed by atoms with Crippen LogP contribution in [0.2, 0.25) is 0 Å². The Morgan fingerprint density at radius 2 is 2.13 bits per heavy atom. The molecule has 0 aliphatic heterocycles. The SMILES string of the molecule is CCCCCc1cc([O-])ccc1C(=O)O. The molecule has 1 rings (SSSR count). The van der Waals surface area contributed by atoms with E-state index in [1.54, 1.807) is 0 Å². The van der Waals surface area contributed by atoms with Crippen LogP contribution >= 0.6 is 0 Å². The first-order chi connectivity index (χ1) is 7.15. The normalized spacial score (nSPS) is 10.2. The largest absolute Gasteiger partial charge is 0.872 e. The van der Waals surface area contributed by atoms with Gasteiger partial charge in [-0.1, -0.05) is 31.9 Å². The summed E-state index contributed by atoms with van der Waals surface area (Å²) in [6.45, 7) is 2.09.